The molecule has 0 amide bonds. The first-order valence-corrected chi connectivity index (χ1v) is 7.77. The zero-order valence-corrected chi connectivity index (χ0v) is 13.3. The summed E-state index contributed by atoms with van der Waals surface area (Å²) >= 11 is 5.94. The van der Waals surface area contributed by atoms with Gasteiger partial charge in [-0.25, -0.2) is 0 Å². The van der Waals surface area contributed by atoms with Gasteiger partial charge in [0.2, 0.25) is 0 Å². The normalized spacial score (nSPS) is 28.1. The van der Waals surface area contributed by atoms with Gasteiger partial charge in [-0.1, -0.05) is 44.5 Å². The van der Waals surface area contributed by atoms with Crippen molar-refractivity contribution in [2.75, 3.05) is 0 Å². The Balaban J connectivity index is 1.96. The smallest absolute Gasteiger partial charge is 0.0406 e. The molecule has 0 saturated heterocycles. The summed E-state index contributed by atoms with van der Waals surface area (Å²) in [7, 11) is 0. The van der Waals surface area contributed by atoms with Gasteiger partial charge in [0, 0.05) is 17.1 Å². The quantitative estimate of drug-likeness (QED) is 0.801. The van der Waals surface area contributed by atoms with Crippen molar-refractivity contribution < 1.29 is 0 Å². The lowest BCUT2D eigenvalue weighted by atomic mass is 9.70. The van der Waals surface area contributed by atoms with Crippen LogP contribution < -0.4 is 5.32 Å². The molecular formula is C17H26ClN. The van der Waals surface area contributed by atoms with E-state index in [4.69, 9.17) is 11.6 Å². The van der Waals surface area contributed by atoms with Crippen molar-refractivity contribution in [1.82, 2.24) is 5.32 Å². The third-order valence-corrected chi connectivity index (χ3v) is 4.78. The fraction of sp³-hybridized carbons (Fsp3) is 0.647. The van der Waals surface area contributed by atoms with E-state index in [1.165, 1.54) is 24.8 Å². The van der Waals surface area contributed by atoms with Crippen molar-refractivity contribution in [3.63, 3.8) is 0 Å². The average Bonchev–Trinajstić information content (AvgIpc) is 2.33. The summed E-state index contributed by atoms with van der Waals surface area (Å²) in [6.45, 7) is 9.41. The summed E-state index contributed by atoms with van der Waals surface area (Å²) in [5, 5.41) is 4.61. The van der Waals surface area contributed by atoms with Gasteiger partial charge in [0.15, 0.2) is 0 Å². The summed E-state index contributed by atoms with van der Waals surface area (Å²) in [5.41, 5.74) is 1.84. The first kappa shape index (κ1) is 14.9. The Kier molecular flexibility index (Phi) is 4.58. The summed E-state index contributed by atoms with van der Waals surface area (Å²) < 4.78 is 0. The molecule has 1 fully saturated rings. The molecule has 19 heavy (non-hydrogen) atoms. The van der Waals surface area contributed by atoms with Crippen LogP contribution in [-0.2, 0) is 0 Å². The van der Waals surface area contributed by atoms with E-state index in [1.54, 1.807) is 0 Å². The first-order chi connectivity index (χ1) is 8.87. The van der Waals surface area contributed by atoms with E-state index in [2.05, 4.69) is 45.1 Å². The third-order valence-electron chi connectivity index (χ3n) is 4.53. The van der Waals surface area contributed by atoms with Gasteiger partial charge >= 0.3 is 0 Å². The number of hydrogen-bond donors (Lipinski definition) is 1. The molecule has 1 aromatic carbocycles. The highest BCUT2D eigenvalue weighted by atomic mass is 35.5. The maximum Gasteiger partial charge on any atom is 0.0406 e. The maximum atomic E-state index is 5.94. The maximum absolute atomic E-state index is 5.94. The Bertz CT molecular complexity index is 410. The predicted octanol–water partition coefficient (Wildman–Crippen LogP) is 5.21. The molecule has 0 bridgehead atoms. The minimum absolute atomic E-state index is 0.394. The molecule has 1 aliphatic rings. The summed E-state index contributed by atoms with van der Waals surface area (Å²) in [5.74, 6) is 0.749. The van der Waals surface area contributed by atoms with Crippen LogP contribution in [0.25, 0.3) is 0 Å². The second-order valence-corrected chi connectivity index (χ2v) is 7.37. The Morgan fingerprint density at radius 2 is 1.89 bits per heavy atom. The van der Waals surface area contributed by atoms with Gasteiger partial charge in [-0.3, -0.25) is 0 Å². The second-order valence-electron chi connectivity index (χ2n) is 6.93. The van der Waals surface area contributed by atoms with E-state index in [1.807, 2.05) is 12.1 Å². The molecule has 0 radical (unpaired) electrons. The van der Waals surface area contributed by atoms with Crippen LogP contribution in [0.5, 0.6) is 0 Å². The van der Waals surface area contributed by atoms with E-state index in [0.29, 0.717) is 17.5 Å². The van der Waals surface area contributed by atoms with E-state index in [-0.39, 0.29) is 0 Å². The van der Waals surface area contributed by atoms with Gasteiger partial charge in [0.1, 0.15) is 0 Å². The van der Waals surface area contributed by atoms with E-state index in [0.717, 1.165) is 10.9 Å². The largest absolute Gasteiger partial charge is 0.307 e. The fourth-order valence-electron chi connectivity index (χ4n) is 3.36. The molecule has 0 aromatic heterocycles. The number of nitrogens with one attached hydrogen (secondary N) is 1. The van der Waals surface area contributed by atoms with Crippen LogP contribution in [0.4, 0.5) is 0 Å². The highest BCUT2D eigenvalue weighted by molar-refractivity contribution is 6.30. The summed E-state index contributed by atoms with van der Waals surface area (Å²) in [6.07, 6.45) is 3.92. The SMILES string of the molecule is CC1CC(C)(C)CCC1N[C@H](C)c1ccc(Cl)cc1. The Morgan fingerprint density at radius 1 is 1.26 bits per heavy atom. The minimum atomic E-state index is 0.394. The topological polar surface area (TPSA) is 12.0 Å². The van der Waals surface area contributed by atoms with Gasteiger partial charge in [0.05, 0.1) is 0 Å². The monoisotopic (exact) mass is 279 g/mol. The van der Waals surface area contributed by atoms with E-state index >= 15 is 0 Å². The van der Waals surface area contributed by atoms with Crippen LogP contribution in [0.2, 0.25) is 5.02 Å². The lowest BCUT2D eigenvalue weighted by Gasteiger charge is -2.40. The molecule has 106 valence electrons. The molecule has 1 aliphatic carbocycles. The molecule has 0 heterocycles. The van der Waals surface area contributed by atoms with Gasteiger partial charge < -0.3 is 5.32 Å². The van der Waals surface area contributed by atoms with Crippen LogP contribution in [0, 0.1) is 11.3 Å². The number of rotatable bonds is 3. The van der Waals surface area contributed by atoms with Crippen LogP contribution in [0.3, 0.4) is 0 Å². The highest BCUT2D eigenvalue weighted by Crippen LogP contribution is 2.39. The van der Waals surface area contributed by atoms with E-state index in [9.17, 15) is 0 Å². The highest BCUT2D eigenvalue weighted by Gasteiger charge is 2.32. The lowest BCUT2D eigenvalue weighted by Crippen LogP contribution is -2.42. The van der Waals surface area contributed by atoms with Crippen molar-refractivity contribution in [1.29, 1.82) is 0 Å². The molecule has 2 unspecified atom stereocenters. The third kappa shape index (κ3) is 3.97. The number of halogens is 1. The van der Waals surface area contributed by atoms with Crippen LogP contribution in [0.1, 0.15) is 58.6 Å². The van der Waals surface area contributed by atoms with Crippen molar-refractivity contribution in [3.8, 4) is 0 Å². The predicted molar refractivity (Wildman–Crippen MR) is 83.6 cm³/mol. The van der Waals surface area contributed by atoms with Gasteiger partial charge in [0.25, 0.3) is 0 Å². The first-order valence-electron chi connectivity index (χ1n) is 7.39. The minimum Gasteiger partial charge on any atom is -0.307 e. The number of hydrogen-bond acceptors (Lipinski definition) is 1. The number of benzene rings is 1. The summed E-state index contributed by atoms with van der Waals surface area (Å²) in [4.78, 5) is 0. The van der Waals surface area contributed by atoms with Crippen molar-refractivity contribution in [3.05, 3.63) is 34.9 Å². The van der Waals surface area contributed by atoms with E-state index < -0.39 is 0 Å². The molecule has 0 aliphatic heterocycles. The van der Waals surface area contributed by atoms with Crippen molar-refractivity contribution in [2.24, 2.45) is 11.3 Å². The lowest BCUT2D eigenvalue weighted by molar-refractivity contribution is 0.143. The van der Waals surface area contributed by atoms with Crippen molar-refractivity contribution >= 4 is 11.6 Å². The standard InChI is InChI=1S/C17H26ClN/c1-12-11-17(3,4)10-9-16(12)19-13(2)14-5-7-15(18)8-6-14/h5-8,12-13,16,19H,9-11H2,1-4H3/t12?,13-,16?/m1/s1. The molecule has 2 heteroatoms. The van der Waals surface area contributed by atoms with Crippen LogP contribution in [0.15, 0.2) is 24.3 Å². The zero-order chi connectivity index (χ0) is 14.0. The Hall–Kier alpha value is -0.530. The zero-order valence-electron chi connectivity index (χ0n) is 12.5. The Labute approximate surface area is 122 Å². The van der Waals surface area contributed by atoms with Gasteiger partial charge in [-0.2, -0.15) is 0 Å². The van der Waals surface area contributed by atoms with Crippen molar-refractivity contribution in [2.45, 2.75) is 59.0 Å². The fourth-order valence-corrected chi connectivity index (χ4v) is 3.49. The summed E-state index contributed by atoms with van der Waals surface area (Å²) in [6, 6.07) is 9.23. The average molecular weight is 280 g/mol. The van der Waals surface area contributed by atoms with Gasteiger partial charge in [-0.05, 0) is 55.2 Å². The molecule has 1 aromatic rings. The molecular weight excluding hydrogens is 254 g/mol. The molecule has 1 N–H and O–H groups in total. The van der Waals surface area contributed by atoms with Gasteiger partial charge in [-0.15, -0.1) is 0 Å². The van der Waals surface area contributed by atoms with Crippen LogP contribution >= 0.6 is 11.6 Å². The van der Waals surface area contributed by atoms with Crippen LogP contribution in [-0.4, -0.2) is 6.04 Å². The molecule has 1 nitrogen and oxygen atoms in total. The molecule has 2 rings (SSSR count). The molecule has 3 atom stereocenters. The molecule has 0 spiro atoms. The second kappa shape index (κ2) is 5.85. The Morgan fingerprint density at radius 3 is 2.47 bits per heavy atom. The molecule has 1 saturated carbocycles.